The molecule has 3 rings (SSSR count). The van der Waals surface area contributed by atoms with Crippen molar-refractivity contribution in [1.82, 2.24) is 20.9 Å². The van der Waals surface area contributed by atoms with Gasteiger partial charge >= 0.3 is 5.97 Å². The van der Waals surface area contributed by atoms with Gasteiger partial charge in [-0.2, -0.15) is 0 Å². The Balaban J connectivity index is 1.70. The van der Waals surface area contributed by atoms with Crippen LogP contribution >= 0.6 is 0 Å². The molecule has 4 atom stereocenters. The van der Waals surface area contributed by atoms with Gasteiger partial charge in [0.05, 0.1) is 0 Å². The SMILES string of the molecule is CC(C)[C@H](NC(=O)[C@@H]1CCCN1C(=O)[C@@H](NC(=O)[C@@H](NC(=O)c1ccc(-c2ccc(C=O)o2)cc1)C(C)C)C(C)C)C(=O)O. The first-order valence-electron chi connectivity index (χ1n) is 14.9. The van der Waals surface area contributed by atoms with Gasteiger partial charge in [0.2, 0.25) is 17.7 Å². The predicted octanol–water partition coefficient (Wildman–Crippen LogP) is 2.87. The molecule has 4 amide bonds. The highest BCUT2D eigenvalue weighted by Crippen LogP contribution is 2.23. The van der Waals surface area contributed by atoms with Gasteiger partial charge in [-0.05, 0) is 54.9 Å². The number of carboxylic acid groups (broad SMARTS) is 1. The van der Waals surface area contributed by atoms with Gasteiger partial charge in [0, 0.05) is 17.7 Å². The zero-order valence-corrected chi connectivity index (χ0v) is 26.0. The molecular weight excluding hydrogens is 568 g/mol. The number of furan rings is 1. The molecule has 2 aromatic rings. The van der Waals surface area contributed by atoms with Crippen molar-refractivity contribution in [3.8, 4) is 11.3 Å². The fourth-order valence-electron chi connectivity index (χ4n) is 5.12. The minimum absolute atomic E-state index is 0.187. The van der Waals surface area contributed by atoms with Gasteiger partial charge in [-0.25, -0.2) is 4.79 Å². The van der Waals surface area contributed by atoms with Crippen molar-refractivity contribution in [2.75, 3.05) is 6.54 Å². The Morgan fingerprint density at radius 2 is 1.45 bits per heavy atom. The lowest BCUT2D eigenvalue weighted by Crippen LogP contribution is -2.59. The van der Waals surface area contributed by atoms with Crippen LogP contribution in [0.3, 0.4) is 0 Å². The minimum Gasteiger partial charge on any atom is -0.480 e. The quantitative estimate of drug-likeness (QED) is 0.250. The predicted molar refractivity (Wildman–Crippen MR) is 162 cm³/mol. The number of nitrogens with zero attached hydrogens (tertiary/aromatic N) is 1. The molecule has 12 heteroatoms. The molecule has 44 heavy (non-hydrogen) atoms. The van der Waals surface area contributed by atoms with Crippen molar-refractivity contribution in [1.29, 1.82) is 0 Å². The number of likely N-dealkylation sites (tertiary alicyclic amines) is 1. The number of rotatable bonds is 13. The van der Waals surface area contributed by atoms with Gasteiger partial charge < -0.3 is 30.4 Å². The van der Waals surface area contributed by atoms with Gasteiger partial charge in [-0.1, -0.05) is 53.7 Å². The molecule has 1 aromatic carbocycles. The van der Waals surface area contributed by atoms with E-state index in [9.17, 15) is 33.9 Å². The summed E-state index contributed by atoms with van der Waals surface area (Å²) in [5, 5.41) is 17.6. The topological polar surface area (TPSA) is 175 Å². The van der Waals surface area contributed by atoms with E-state index < -0.39 is 53.8 Å². The summed E-state index contributed by atoms with van der Waals surface area (Å²) in [5.74, 6) is -3.51. The van der Waals surface area contributed by atoms with Gasteiger partial charge in [0.15, 0.2) is 12.0 Å². The molecule has 0 aliphatic carbocycles. The van der Waals surface area contributed by atoms with Crippen LogP contribution in [0.15, 0.2) is 40.8 Å². The number of nitrogens with one attached hydrogen (secondary N) is 3. The number of benzene rings is 1. The second-order valence-electron chi connectivity index (χ2n) is 12.1. The molecule has 1 aliphatic rings. The van der Waals surface area contributed by atoms with Gasteiger partial charge in [0.1, 0.15) is 29.9 Å². The number of aliphatic carboxylic acids is 1. The highest BCUT2D eigenvalue weighted by Gasteiger charge is 2.40. The highest BCUT2D eigenvalue weighted by molar-refractivity contribution is 5.99. The molecule has 0 spiro atoms. The maximum Gasteiger partial charge on any atom is 0.326 e. The number of hydrogen-bond acceptors (Lipinski definition) is 7. The number of carbonyl (C=O) groups excluding carboxylic acids is 5. The van der Waals surface area contributed by atoms with Crippen molar-refractivity contribution in [2.45, 2.75) is 78.6 Å². The van der Waals surface area contributed by atoms with Crippen molar-refractivity contribution in [3.05, 3.63) is 47.7 Å². The number of amides is 4. The van der Waals surface area contributed by atoms with Crippen LogP contribution in [0.4, 0.5) is 0 Å². The van der Waals surface area contributed by atoms with Gasteiger partial charge in [0.25, 0.3) is 5.91 Å². The Kier molecular flexibility index (Phi) is 11.4. The van der Waals surface area contributed by atoms with Gasteiger partial charge in [-0.3, -0.25) is 24.0 Å². The minimum atomic E-state index is -1.15. The second-order valence-corrected chi connectivity index (χ2v) is 12.1. The fourth-order valence-corrected chi connectivity index (χ4v) is 5.12. The first-order chi connectivity index (χ1) is 20.7. The fraction of sp³-hybridized carbons (Fsp3) is 0.500. The summed E-state index contributed by atoms with van der Waals surface area (Å²) in [7, 11) is 0. The summed E-state index contributed by atoms with van der Waals surface area (Å²) in [6.45, 7) is 10.8. The molecule has 0 radical (unpaired) electrons. The molecule has 1 aromatic heterocycles. The maximum absolute atomic E-state index is 13.7. The lowest BCUT2D eigenvalue weighted by molar-refractivity contribution is -0.146. The summed E-state index contributed by atoms with van der Waals surface area (Å²) < 4.78 is 5.42. The smallest absolute Gasteiger partial charge is 0.326 e. The van der Waals surface area contributed by atoms with Crippen LogP contribution in [-0.2, 0) is 19.2 Å². The molecule has 0 saturated carbocycles. The average Bonchev–Trinajstić information content (AvgIpc) is 3.66. The van der Waals surface area contributed by atoms with Crippen molar-refractivity contribution in [3.63, 3.8) is 0 Å². The molecular formula is C32H42N4O8. The van der Waals surface area contributed by atoms with E-state index >= 15 is 0 Å². The van der Waals surface area contributed by atoms with E-state index in [0.29, 0.717) is 42.6 Å². The maximum atomic E-state index is 13.7. The Bertz CT molecular complexity index is 1360. The normalized spacial score (nSPS) is 16.8. The van der Waals surface area contributed by atoms with Crippen LogP contribution < -0.4 is 16.0 Å². The lowest BCUT2D eigenvalue weighted by atomic mass is 9.98. The largest absolute Gasteiger partial charge is 0.480 e. The zero-order valence-electron chi connectivity index (χ0n) is 26.0. The molecule has 2 heterocycles. The first kappa shape index (κ1) is 34.0. The number of hydrogen-bond donors (Lipinski definition) is 4. The third-order valence-corrected chi connectivity index (χ3v) is 7.71. The van der Waals surface area contributed by atoms with Crippen LogP contribution in [0.25, 0.3) is 11.3 Å². The highest BCUT2D eigenvalue weighted by atomic mass is 16.4. The summed E-state index contributed by atoms with van der Waals surface area (Å²) in [6.07, 6.45) is 1.54. The summed E-state index contributed by atoms with van der Waals surface area (Å²) in [5.41, 5.74) is 0.973. The van der Waals surface area contributed by atoms with Gasteiger partial charge in [-0.15, -0.1) is 0 Å². The van der Waals surface area contributed by atoms with E-state index in [1.807, 2.05) is 0 Å². The first-order valence-corrected chi connectivity index (χ1v) is 14.9. The van der Waals surface area contributed by atoms with E-state index in [1.165, 1.54) is 4.90 Å². The molecule has 0 bridgehead atoms. The average molecular weight is 611 g/mol. The second kappa shape index (κ2) is 14.8. The van der Waals surface area contributed by atoms with E-state index in [-0.39, 0.29) is 23.5 Å². The number of carboxylic acids is 1. The number of carbonyl (C=O) groups is 6. The molecule has 1 aliphatic heterocycles. The molecule has 12 nitrogen and oxygen atoms in total. The number of aldehydes is 1. The monoisotopic (exact) mass is 610 g/mol. The van der Waals surface area contributed by atoms with E-state index in [1.54, 1.807) is 77.9 Å². The standard InChI is InChI=1S/C32H42N4O8/c1-17(2)25(33-28(38)21-11-9-20(10-12-21)24-14-13-22(16-37)44-24)30(40)34-26(18(3)4)31(41)36-15-7-8-23(36)29(39)35-27(19(5)6)32(42)43/h9-14,16-19,23,25-27H,7-8,15H2,1-6H3,(H,33,38)(H,34,40)(H,35,39)(H,42,43)/t23-,25-,26-,27-/m0/s1. The van der Waals surface area contributed by atoms with E-state index in [2.05, 4.69) is 16.0 Å². The summed E-state index contributed by atoms with van der Waals surface area (Å²) >= 11 is 0. The molecule has 1 saturated heterocycles. The van der Waals surface area contributed by atoms with E-state index in [4.69, 9.17) is 4.42 Å². The van der Waals surface area contributed by atoms with Crippen LogP contribution in [0.5, 0.6) is 0 Å². The zero-order chi connectivity index (χ0) is 32.7. The lowest BCUT2D eigenvalue weighted by Gasteiger charge is -2.32. The summed E-state index contributed by atoms with van der Waals surface area (Å²) in [6, 6.07) is 5.82. The Labute approximate surface area is 256 Å². The van der Waals surface area contributed by atoms with Crippen molar-refractivity contribution < 1.29 is 38.3 Å². The van der Waals surface area contributed by atoms with Crippen LogP contribution in [0.1, 0.15) is 75.3 Å². The van der Waals surface area contributed by atoms with E-state index in [0.717, 1.165) is 0 Å². The Hall–Kier alpha value is -4.48. The molecule has 238 valence electrons. The molecule has 0 unspecified atom stereocenters. The third-order valence-electron chi connectivity index (χ3n) is 7.71. The van der Waals surface area contributed by atoms with Crippen LogP contribution in [0, 0.1) is 17.8 Å². The molecule has 4 N–H and O–H groups in total. The van der Waals surface area contributed by atoms with Crippen LogP contribution in [0.2, 0.25) is 0 Å². The summed E-state index contributed by atoms with van der Waals surface area (Å²) in [4.78, 5) is 77.2. The van der Waals surface area contributed by atoms with Crippen LogP contribution in [-0.4, -0.2) is 76.6 Å². The Morgan fingerprint density at radius 3 is 1.98 bits per heavy atom. The Morgan fingerprint density at radius 1 is 0.841 bits per heavy atom. The third kappa shape index (κ3) is 8.12. The van der Waals surface area contributed by atoms with Crippen molar-refractivity contribution >= 4 is 35.9 Å². The van der Waals surface area contributed by atoms with Crippen molar-refractivity contribution in [2.24, 2.45) is 17.8 Å². The molecule has 1 fully saturated rings.